The molecule has 0 saturated heterocycles. The van der Waals surface area contributed by atoms with Crippen LogP contribution in [0.2, 0.25) is 0 Å². The number of nitrogens with one attached hydrogen (secondary N) is 1. The number of carbonyl (C=O) groups is 1. The van der Waals surface area contributed by atoms with Crippen LogP contribution < -0.4 is 11.1 Å². The first kappa shape index (κ1) is 12.2. The van der Waals surface area contributed by atoms with Gasteiger partial charge < -0.3 is 11.1 Å². The van der Waals surface area contributed by atoms with Crippen LogP contribution in [0.3, 0.4) is 0 Å². The third-order valence-electron chi connectivity index (χ3n) is 2.45. The van der Waals surface area contributed by atoms with E-state index in [1.165, 1.54) is 0 Å². The van der Waals surface area contributed by atoms with E-state index in [-0.39, 0.29) is 17.9 Å². The number of carbonyl (C=O) groups excluding carboxylic acids is 1. The topological polar surface area (TPSA) is 55.1 Å². The monoisotopic (exact) mass is 226 g/mol. The van der Waals surface area contributed by atoms with Crippen LogP contribution in [0, 0.1) is 5.92 Å². The van der Waals surface area contributed by atoms with Gasteiger partial charge in [-0.2, -0.15) is 11.3 Å². The van der Waals surface area contributed by atoms with Crippen LogP contribution in [0.1, 0.15) is 31.9 Å². The van der Waals surface area contributed by atoms with Crippen molar-refractivity contribution in [3.8, 4) is 0 Å². The quantitative estimate of drug-likeness (QED) is 0.806. The van der Waals surface area contributed by atoms with Gasteiger partial charge in [0.1, 0.15) is 0 Å². The Morgan fingerprint density at radius 2 is 2.33 bits per heavy atom. The van der Waals surface area contributed by atoms with E-state index < -0.39 is 0 Å². The predicted molar refractivity (Wildman–Crippen MR) is 63.7 cm³/mol. The van der Waals surface area contributed by atoms with E-state index in [0.29, 0.717) is 6.54 Å². The maximum absolute atomic E-state index is 11.7. The van der Waals surface area contributed by atoms with Gasteiger partial charge in [-0.15, -0.1) is 0 Å². The Morgan fingerprint density at radius 3 is 2.87 bits per heavy atom. The highest BCUT2D eigenvalue weighted by Gasteiger charge is 2.15. The summed E-state index contributed by atoms with van der Waals surface area (Å²) >= 11 is 1.64. The highest BCUT2D eigenvalue weighted by atomic mass is 32.1. The maximum Gasteiger partial charge on any atom is 0.223 e. The van der Waals surface area contributed by atoms with Crippen molar-refractivity contribution in [3.05, 3.63) is 22.4 Å². The summed E-state index contributed by atoms with van der Waals surface area (Å²) in [4.78, 5) is 11.7. The molecule has 0 aliphatic heterocycles. The molecule has 1 rings (SSSR count). The second-order valence-corrected chi connectivity index (χ2v) is 4.55. The molecule has 15 heavy (non-hydrogen) atoms. The van der Waals surface area contributed by atoms with E-state index in [9.17, 15) is 4.79 Å². The molecule has 0 spiro atoms. The summed E-state index contributed by atoms with van der Waals surface area (Å²) in [6.45, 7) is 4.46. The van der Waals surface area contributed by atoms with Crippen LogP contribution in [-0.2, 0) is 4.79 Å². The van der Waals surface area contributed by atoms with Crippen molar-refractivity contribution in [2.24, 2.45) is 11.7 Å². The number of thiophene rings is 1. The second-order valence-electron chi connectivity index (χ2n) is 3.77. The molecular weight excluding hydrogens is 208 g/mol. The van der Waals surface area contributed by atoms with Gasteiger partial charge in [-0.1, -0.05) is 6.92 Å². The van der Waals surface area contributed by atoms with Gasteiger partial charge >= 0.3 is 0 Å². The zero-order chi connectivity index (χ0) is 11.3. The van der Waals surface area contributed by atoms with Crippen LogP contribution >= 0.6 is 11.3 Å². The summed E-state index contributed by atoms with van der Waals surface area (Å²) in [6, 6.07) is 2.12. The molecule has 0 aliphatic rings. The molecule has 2 unspecified atom stereocenters. The van der Waals surface area contributed by atoms with Gasteiger partial charge in [0.2, 0.25) is 5.91 Å². The lowest BCUT2D eigenvalue weighted by Crippen LogP contribution is -2.32. The number of amides is 1. The molecule has 0 radical (unpaired) electrons. The van der Waals surface area contributed by atoms with Crippen molar-refractivity contribution >= 4 is 17.2 Å². The van der Waals surface area contributed by atoms with Gasteiger partial charge in [-0.05, 0) is 42.3 Å². The van der Waals surface area contributed by atoms with E-state index in [2.05, 4.69) is 10.7 Å². The lowest BCUT2D eigenvalue weighted by molar-refractivity contribution is -0.125. The molecule has 84 valence electrons. The molecule has 1 aromatic heterocycles. The van der Waals surface area contributed by atoms with Gasteiger partial charge in [-0.3, -0.25) is 4.79 Å². The Labute approximate surface area is 94.7 Å². The zero-order valence-electron chi connectivity index (χ0n) is 9.19. The summed E-state index contributed by atoms with van der Waals surface area (Å²) in [5.41, 5.74) is 6.57. The molecule has 1 heterocycles. The number of nitrogens with two attached hydrogens (primary N) is 1. The molecule has 3 N–H and O–H groups in total. The highest BCUT2D eigenvalue weighted by molar-refractivity contribution is 7.07. The SMILES string of the molecule is CC(CCN)C(=O)NC(C)c1ccsc1. The number of hydrogen-bond donors (Lipinski definition) is 2. The summed E-state index contributed by atoms with van der Waals surface area (Å²) < 4.78 is 0. The molecule has 0 fully saturated rings. The van der Waals surface area contributed by atoms with E-state index in [1.807, 2.05) is 25.3 Å². The fraction of sp³-hybridized carbons (Fsp3) is 0.545. The van der Waals surface area contributed by atoms with Crippen LogP contribution in [0.25, 0.3) is 0 Å². The summed E-state index contributed by atoms with van der Waals surface area (Å²) in [6.07, 6.45) is 0.738. The van der Waals surface area contributed by atoms with Crippen molar-refractivity contribution in [2.45, 2.75) is 26.3 Å². The minimum absolute atomic E-state index is 0.00362. The molecule has 3 nitrogen and oxygen atoms in total. The standard InChI is InChI=1S/C11H18N2OS/c1-8(3-5-12)11(14)13-9(2)10-4-6-15-7-10/h4,6-9H,3,5,12H2,1-2H3,(H,13,14). The van der Waals surface area contributed by atoms with Gasteiger partial charge in [0.15, 0.2) is 0 Å². The Kier molecular flexibility index (Phi) is 4.78. The zero-order valence-corrected chi connectivity index (χ0v) is 10.0. The molecule has 0 bridgehead atoms. The molecule has 0 aromatic carbocycles. The molecule has 1 aromatic rings. The van der Waals surface area contributed by atoms with E-state index in [4.69, 9.17) is 5.73 Å². The number of rotatable bonds is 5. The third kappa shape index (κ3) is 3.64. The van der Waals surface area contributed by atoms with Gasteiger partial charge in [0, 0.05) is 5.92 Å². The first-order valence-electron chi connectivity index (χ1n) is 5.17. The average Bonchev–Trinajstić information content (AvgIpc) is 2.70. The summed E-state index contributed by atoms with van der Waals surface area (Å²) in [7, 11) is 0. The normalized spacial score (nSPS) is 14.6. The largest absolute Gasteiger partial charge is 0.349 e. The van der Waals surface area contributed by atoms with E-state index >= 15 is 0 Å². The average molecular weight is 226 g/mol. The van der Waals surface area contributed by atoms with Gasteiger partial charge in [-0.25, -0.2) is 0 Å². The fourth-order valence-corrected chi connectivity index (χ4v) is 2.10. The fourth-order valence-electron chi connectivity index (χ4n) is 1.34. The minimum Gasteiger partial charge on any atom is -0.349 e. The van der Waals surface area contributed by atoms with Gasteiger partial charge in [0.05, 0.1) is 6.04 Å². The Morgan fingerprint density at radius 1 is 1.60 bits per heavy atom. The van der Waals surface area contributed by atoms with E-state index in [1.54, 1.807) is 11.3 Å². The van der Waals surface area contributed by atoms with Crippen LogP contribution in [0.5, 0.6) is 0 Å². The Balaban J connectivity index is 2.44. The van der Waals surface area contributed by atoms with Crippen LogP contribution in [-0.4, -0.2) is 12.5 Å². The predicted octanol–water partition coefficient (Wildman–Crippen LogP) is 1.91. The van der Waals surface area contributed by atoms with Crippen molar-refractivity contribution in [3.63, 3.8) is 0 Å². The Bertz CT molecular complexity index is 298. The molecular formula is C11H18N2OS. The first-order valence-corrected chi connectivity index (χ1v) is 6.12. The van der Waals surface area contributed by atoms with Crippen LogP contribution in [0.15, 0.2) is 16.8 Å². The highest BCUT2D eigenvalue weighted by Crippen LogP contribution is 2.16. The van der Waals surface area contributed by atoms with Crippen LogP contribution in [0.4, 0.5) is 0 Å². The first-order chi connectivity index (χ1) is 7.15. The molecule has 1 amide bonds. The van der Waals surface area contributed by atoms with Crippen molar-refractivity contribution in [1.82, 2.24) is 5.32 Å². The maximum atomic E-state index is 11.7. The molecule has 0 saturated carbocycles. The van der Waals surface area contributed by atoms with Crippen molar-refractivity contribution in [2.75, 3.05) is 6.54 Å². The Hall–Kier alpha value is -0.870. The van der Waals surface area contributed by atoms with Gasteiger partial charge in [0.25, 0.3) is 0 Å². The lowest BCUT2D eigenvalue weighted by Gasteiger charge is -2.16. The smallest absolute Gasteiger partial charge is 0.223 e. The second kappa shape index (κ2) is 5.88. The third-order valence-corrected chi connectivity index (χ3v) is 3.15. The summed E-state index contributed by atoms with van der Waals surface area (Å²) in [5, 5.41) is 7.05. The van der Waals surface area contributed by atoms with E-state index in [0.717, 1.165) is 12.0 Å². The number of hydrogen-bond acceptors (Lipinski definition) is 3. The lowest BCUT2D eigenvalue weighted by atomic mass is 10.1. The van der Waals surface area contributed by atoms with Crippen molar-refractivity contribution in [1.29, 1.82) is 0 Å². The molecule has 4 heteroatoms. The van der Waals surface area contributed by atoms with Crippen molar-refractivity contribution < 1.29 is 4.79 Å². The summed E-state index contributed by atoms with van der Waals surface area (Å²) in [5.74, 6) is 0.0789. The minimum atomic E-state index is -0.00362. The molecule has 0 aliphatic carbocycles. The molecule has 2 atom stereocenters.